The van der Waals surface area contributed by atoms with E-state index < -0.39 is 0 Å². The largest absolute Gasteiger partial charge is 0.314 e. The molecule has 0 aliphatic heterocycles. The first-order valence-electron chi connectivity index (χ1n) is 21.3. The van der Waals surface area contributed by atoms with Crippen LogP contribution >= 0.6 is 0 Å². The van der Waals surface area contributed by atoms with Crippen molar-refractivity contribution >= 4 is 98.6 Å². The Morgan fingerprint density at radius 2 is 0.900 bits per heavy atom. The van der Waals surface area contributed by atoms with Crippen LogP contribution in [0.25, 0.3) is 70.2 Å². The Hall–Kier alpha value is -6.90. The average molecular weight is 773 g/mol. The summed E-state index contributed by atoms with van der Waals surface area (Å²) in [6, 6.07) is 58.6. The lowest BCUT2D eigenvalue weighted by Crippen LogP contribution is -2.25. The Kier molecular flexibility index (Phi) is 8.19. The first-order chi connectivity index (χ1) is 29.2. The highest BCUT2D eigenvalue weighted by Crippen LogP contribution is 2.52. The fourth-order valence-corrected chi connectivity index (χ4v) is 10.2. The summed E-state index contributed by atoms with van der Waals surface area (Å²) >= 11 is 0. The van der Waals surface area contributed by atoms with Crippen LogP contribution in [0.1, 0.15) is 46.6 Å². The first kappa shape index (κ1) is 36.2. The number of para-hydroxylation sites is 2. The van der Waals surface area contributed by atoms with Gasteiger partial charge < -0.3 is 9.80 Å². The van der Waals surface area contributed by atoms with E-state index in [9.17, 15) is 0 Å². The lowest BCUT2D eigenvalue weighted by atomic mass is 9.78. The topological polar surface area (TPSA) is 6.48 Å². The molecule has 0 saturated heterocycles. The van der Waals surface area contributed by atoms with Crippen LogP contribution in [-0.2, 0) is 0 Å². The third-order valence-corrected chi connectivity index (χ3v) is 13.2. The molecular formula is C58H48N2. The number of fused-ring (bicyclic) bond motifs is 8. The SMILES string of the molecule is C=C(C)c1ccc(N(c2ccccc2)c2ccc3c(c2)c2cccc4c5c6ccc(N(C7=CC=C(C(C)(C)C)CC7C)c7ccccc7)cc6c6cccc(c65)c3c24)cc1. The molecule has 10 aromatic carbocycles. The van der Waals surface area contributed by atoms with Crippen molar-refractivity contribution in [2.75, 3.05) is 9.80 Å². The van der Waals surface area contributed by atoms with Crippen molar-refractivity contribution in [2.24, 2.45) is 11.3 Å². The van der Waals surface area contributed by atoms with Crippen molar-refractivity contribution in [1.29, 1.82) is 0 Å². The van der Waals surface area contributed by atoms with Crippen molar-refractivity contribution in [3.05, 3.63) is 193 Å². The zero-order chi connectivity index (χ0) is 40.9. The Morgan fingerprint density at radius 3 is 1.38 bits per heavy atom. The normalized spacial score (nSPS) is 14.8. The maximum atomic E-state index is 4.17. The van der Waals surface area contributed by atoms with Gasteiger partial charge in [-0.2, -0.15) is 0 Å². The maximum absolute atomic E-state index is 4.17. The van der Waals surface area contributed by atoms with Crippen LogP contribution in [0.3, 0.4) is 0 Å². The van der Waals surface area contributed by atoms with E-state index in [0.717, 1.165) is 34.6 Å². The fourth-order valence-electron chi connectivity index (χ4n) is 10.2. The van der Waals surface area contributed by atoms with Gasteiger partial charge >= 0.3 is 0 Å². The van der Waals surface area contributed by atoms with Crippen molar-refractivity contribution in [3.8, 4) is 0 Å². The zero-order valence-electron chi connectivity index (χ0n) is 35.1. The monoisotopic (exact) mass is 772 g/mol. The number of rotatable bonds is 7. The van der Waals surface area contributed by atoms with Gasteiger partial charge in [-0.3, -0.25) is 0 Å². The summed E-state index contributed by atoms with van der Waals surface area (Å²) in [6.45, 7) is 15.6. The molecule has 1 aliphatic carbocycles. The lowest BCUT2D eigenvalue weighted by Gasteiger charge is -2.36. The van der Waals surface area contributed by atoms with E-state index in [4.69, 9.17) is 0 Å². The van der Waals surface area contributed by atoms with E-state index in [1.54, 1.807) is 0 Å². The van der Waals surface area contributed by atoms with Gasteiger partial charge in [0.15, 0.2) is 0 Å². The molecule has 290 valence electrons. The second-order valence-electron chi connectivity index (χ2n) is 18.0. The molecule has 10 aromatic rings. The van der Waals surface area contributed by atoms with Crippen molar-refractivity contribution < 1.29 is 0 Å². The van der Waals surface area contributed by atoms with Crippen LogP contribution in [0.2, 0.25) is 0 Å². The molecule has 0 fully saturated rings. The summed E-state index contributed by atoms with van der Waals surface area (Å²) in [7, 11) is 0. The molecule has 11 rings (SSSR count). The summed E-state index contributed by atoms with van der Waals surface area (Å²) in [4.78, 5) is 4.86. The smallest absolute Gasteiger partial charge is 0.0468 e. The van der Waals surface area contributed by atoms with Crippen LogP contribution in [0.4, 0.5) is 28.4 Å². The fraction of sp³-hybridized carbons (Fsp3) is 0.138. The summed E-state index contributed by atoms with van der Waals surface area (Å²) in [5.41, 5.74) is 11.0. The second-order valence-corrected chi connectivity index (χ2v) is 18.0. The van der Waals surface area contributed by atoms with E-state index in [2.05, 4.69) is 221 Å². The maximum Gasteiger partial charge on any atom is 0.0468 e. The Bertz CT molecular complexity index is 3340. The van der Waals surface area contributed by atoms with Gasteiger partial charge in [-0.1, -0.05) is 149 Å². The second kappa shape index (κ2) is 13.6. The molecule has 0 radical (unpaired) electrons. The van der Waals surface area contributed by atoms with Crippen LogP contribution in [0, 0.1) is 11.3 Å². The van der Waals surface area contributed by atoms with Crippen molar-refractivity contribution in [1.82, 2.24) is 0 Å². The number of nitrogens with zero attached hydrogens (tertiary/aromatic N) is 2. The highest BCUT2D eigenvalue weighted by atomic mass is 15.2. The summed E-state index contributed by atoms with van der Waals surface area (Å²) in [6.07, 6.45) is 5.81. The minimum absolute atomic E-state index is 0.152. The lowest BCUT2D eigenvalue weighted by molar-refractivity contribution is 0.453. The van der Waals surface area contributed by atoms with Gasteiger partial charge in [0.2, 0.25) is 0 Å². The Morgan fingerprint density at radius 1 is 0.467 bits per heavy atom. The standard InChI is InChI=1S/C58H48N2/c1-36(2)38-23-26-42(27-24-38)59(40-15-9-7-10-16-40)43-28-30-47-51(34-43)45-19-13-21-49-54(45)56(47)50-22-14-20-46-52-35-44(29-31-48(52)57(49)55(46)50)60(41-17-11-8-12-18-41)53-32-25-39(33-37(53)3)58(4,5)6/h7-32,34-35,37H,1,33H2,2-6H3. The summed E-state index contributed by atoms with van der Waals surface area (Å²) in [5.74, 6) is 0.378. The molecule has 0 spiro atoms. The molecule has 1 unspecified atom stereocenters. The van der Waals surface area contributed by atoms with Gasteiger partial charge in [-0.15, -0.1) is 0 Å². The molecule has 0 bridgehead atoms. The van der Waals surface area contributed by atoms with Gasteiger partial charge in [-0.05, 0) is 156 Å². The van der Waals surface area contributed by atoms with Crippen LogP contribution < -0.4 is 9.80 Å². The highest BCUT2D eigenvalue weighted by Gasteiger charge is 2.29. The van der Waals surface area contributed by atoms with E-state index in [1.807, 2.05) is 0 Å². The Balaban J connectivity index is 1.12. The number of benzene rings is 8. The van der Waals surface area contributed by atoms with E-state index >= 15 is 0 Å². The molecule has 0 saturated carbocycles. The predicted molar refractivity (Wildman–Crippen MR) is 261 cm³/mol. The zero-order valence-corrected chi connectivity index (χ0v) is 35.1. The van der Waals surface area contributed by atoms with Gasteiger partial charge in [0.1, 0.15) is 0 Å². The third kappa shape index (κ3) is 5.54. The first-order valence-corrected chi connectivity index (χ1v) is 21.3. The molecule has 0 amide bonds. The van der Waals surface area contributed by atoms with E-state index in [-0.39, 0.29) is 5.41 Å². The van der Waals surface area contributed by atoms with Crippen LogP contribution in [0.15, 0.2) is 188 Å². The third-order valence-electron chi connectivity index (χ3n) is 13.2. The minimum atomic E-state index is 0.152. The van der Waals surface area contributed by atoms with Gasteiger partial charge in [0.25, 0.3) is 0 Å². The molecular weight excluding hydrogens is 725 g/mol. The molecule has 1 atom stereocenters. The molecule has 2 heteroatoms. The number of hydrogen-bond acceptors (Lipinski definition) is 2. The Labute approximate surface area is 352 Å². The number of hydrogen-bond donors (Lipinski definition) is 0. The van der Waals surface area contributed by atoms with Crippen LogP contribution in [-0.4, -0.2) is 0 Å². The van der Waals surface area contributed by atoms with Crippen LogP contribution in [0.5, 0.6) is 0 Å². The van der Waals surface area contributed by atoms with E-state index in [0.29, 0.717) is 5.92 Å². The van der Waals surface area contributed by atoms with Crippen molar-refractivity contribution in [3.63, 3.8) is 0 Å². The van der Waals surface area contributed by atoms with Gasteiger partial charge in [0, 0.05) is 40.1 Å². The number of allylic oxidation sites excluding steroid dienone is 5. The molecule has 0 N–H and O–H groups in total. The van der Waals surface area contributed by atoms with Gasteiger partial charge in [-0.25, -0.2) is 0 Å². The van der Waals surface area contributed by atoms with Crippen molar-refractivity contribution in [2.45, 2.75) is 41.0 Å². The average Bonchev–Trinajstić information content (AvgIpc) is 3.78. The number of anilines is 5. The molecule has 1 aliphatic rings. The van der Waals surface area contributed by atoms with Gasteiger partial charge in [0.05, 0.1) is 0 Å². The summed E-state index contributed by atoms with van der Waals surface area (Å²) in [5, 5.41) is 15.9. The molecule has 2 nitrogen and oxygen atoms in total. The van der Waals surface area contributed by atoms with E-state index in [1.165, 1.54) is 87.3 Å². The minimum Gasteiger partial charge on any atom is -0.314 e. The predicted octanol–water partition coefficient (Wildman–Crippen LogP) is 17.0. The molecule has 0 heterocycles. The molecule has 60 heavy (non-hydrogen) atoms. The summed E-state index contributed by atoms with van der Waals surface area (Å²) < 4.78 is 0. The quantitative estimate of drug-likeness (QED) is 0.149. The highest BCUT2D eigenvalue weighted by molar-refractivity contribution is 6.47. The molecule has 0 aromatic heterocycles.